The van der Waals surface area contributed by atoms with Crippen molar-refractivity contribution in [3.8, 4) is 0 Å². The lowest BCUT2D eigenvalue weighted by atomic mass is 10.3. The van der Waals surface area contributed by atoms with Crippen molar-refractivity contribution < 1.29 is 0 Å². The van der Waals surface area contributed by atoms with Crippen LogP contribution >= 0.6 is 15.9 Å². The molecule has 0 saturated heterocycles. The molecule has 16 heavy (non-hydrogen) atoms. The predicted octanol–water partition coefficient (Wildman–Crippen LogP) is 1.86. The molecule has 0 amide bonds. The van der Waals surface area contributed by atoms with E-state index in [-0.39, 0.29) is 11.2 Å². The van der Waals surface area contributed by atoms with E-state index in [0.717, 1.165) is 10.2 Å². The number of nitrogens with one attached hydrogen (secondary N) is 2. The molecule has 1 aromatic heterocycles. The van der Waals surface area contributed by atoms with Crippen LogP contribution in [0.1, 0.15) is 0 Å². The SMILES string of the molecule is Nc1c(Nc2ccccc2Br)nc[nH]c1=O. The van der Waals surface area contributed by atoms with Gasteiger partial charge in [-0.15, -0.1) is 0 Å². The van der Waals surface area contributed by atoms with Gasteiger partial charge in [-0.25, -0.2) is 4.98 Å². The lowest BCUT2D eigenvalue weighted by Crippen LogP contribution is -2.14. The second-order valence-electron chi connectivity index (χ2n) is 3.10. The van der Waals surface area contributed by atoms with Crippen LogP contribution in [-0.4, -0.2) is 9.97 Å². The van der Waals surface area contributed by atoms with Crippen molar-refractivity contribution in [3.63, 3.8) is 0 Å². The first-order valence-corrected chi connectivity index (χ1v) is 5.32. The molecule has 0 atom stereocenters. The Hall–Kier alpha value is -1.82. The number of nitrogens with two attached hydrogens (primary N) is 1. The Balaban J connectivity index is 2.38. The topological polar surface area (TPSA) is 83.8 Å². The zero-order chi connectivity index (χ0) is 11.5. The number of hydrogen-bond donors (Lipinski definition) is 3. The summed E-state index contributed by atoms with van der Waals surface area (Å²) in [6.45, 7) is 0. The summed E-state index contributed by atoms with van der Waals surface area (Å²) in [5.41, 5.74) is 6.11. The summed E-state index contributed by atoms with van der Waals surface area (Å²) in [4.78, 5) is 17.6. The number of anilines is 3. The molecule has 0 spiro atoms. The Bertz CT molecular complexity index is 567. The van der Waals surface area contributed by atoms with Crippen LogP contribution < -0.4 is 16.6 Å². The van der Waals surface area contributed by atoms with E-state index in [1.807, 2.05) is 24.3 Å². The number of rotatable bonds is 2. The summed E-state index contributed by atoms with van der Waals surface area (Å²) in [5, 5.41) is 2.98. The Labute approximate surface area is 99.8 Å². The van der Waals surface area contributed by atoms with Crippen LogP contribution in [0, 0.1) is 0 Å². The number of para-hydroxylation sites is 1. The third-order valence-corrected chi connectivity index (χ3v) is 2.71. The summed E-state index contributed by atoms with van der Waals surface area (Å²) < 4.78 is 0.872. The lowest BCUT2D eigenvalue weighted by Gasteiger charge is -2.08. The molecule has 2 rings (SSSR count). The molecule has 82 valence electrons. The Kier molecular flexibility index (Phi) is 2.91. The van der Waals surface area contributed by atoms with Crippen LogP contribution in [-0.2, 0) is 0 Å². The summed E-state index contributed by atoms with van der Waals surface area (Å²) in [7, 11) is 0. The molecule has 0 saturated carbocycles. The molecule has 1 aromatic carbocycles. The van der Waals surface area contributed by atoms with Crippen LogP contribution in [0.25, 0.3) is 0 Å². The van der Waals surface area contributed by atoms with E-state index in [1.165, 1.54) is 6.33 Å². The van der Waals surface area contributed by atoms with Gasteiger partial charge < -0.3 is 16.0 Å². The normalized spacial score (nSPS) is 10.1. The highest BCUT2D eigenvalue weighted by atomic mass is 79.9. The number of nitrogen functional groups attached to an aromatic ring is 1. The highest BCUT2D eigenvalue weighted by Gasteiger charge is 2.05. The van der Waals surface area contributed by atoms with Crippen LogP contribution in [0.5, 0.6) is 0 Å². The number of H-pyrrole nitrogens is 1. The van der Waals surface area contributed by atoms with Gasteiger partial charge in [0, 0.05) is 4.47 Å². The molecule has 4 N–H and O–H groups in total. The van der Waals surface area contributed by atoms with Crippen LogP contribution in [0.4, 0.5) is 17.2 Å². The molecule has 0 aliphatic rings. The highest BCUT2D eigenvalue weighted by Crippen LogP contribution is 2.25. The van der Waals surface area contributed by atoms with Crippen molar-refractivity contribution in [1.29, 1.82) is 0 Å². The van der Waals surface area contributed by atoms with Crippen molar-refractivity contribution in [1.82, 2.24) is 9.97 Å². The van der Waals surface area contributed by atoms with Gasteiger partial charge in [0.2, 0.25) is 0 Å². The number of halogens is 1. The van der Waals surface area contributed by atoms with Crippen molar-refractivity contribution in [2.45, 2.75) is 0 Å². The average Bonchev–Trinajstić information content (AvgIpc) is 2.28. The minimum absolute atomic E-state index is 0.0678. The Morgan fingerprint density at radius 2 is 2.12 bits per heavy atom. The molecule has 0 bridgehead atoms. The molecular formula is C10H9BrN4O. The average molecular weight is 281 g/mol. The van der Waals surface area contributed by atoms with E-state index in [2.05, 4.69) is 31.2 Å². The maximum atomic E-state index is 11.2. The monoisotopic (exact) mass is 280 g/mol. The van der Waals surface area contributed by atoms with E-state index in [4.69, 9.17) is 5.73 Å². The first-order valence-electron chi connectivity index (χ1n) is 4.53. The lowest BCUT2D eigenvalue weighted by molar-refractivity contribution is 1.13. The molecule has 0 aliphatic carbocycles. The summed E-state index contributed by atoms with van der Waals surface area (Å²) in [6, 6.07) is 7.50. The maximum absolute atomic E-state index is 11.2. The minimum atomic E-state index is -0.357. The highest BCUT2D eigenvalue weighted by molar-refractivity contribution is 9.10. The second kappa shape index (κ2) is 4.36. The van der Waals surface area contributed by atoms with Crippen LogP contribution in [0.3, 0.4) is 0 Å². The number of benzene rings is 1. The van der Waals surface area contributed by atoms with E-state index in [0.29, 0.717) is 5.82 Å². The molecule has 2 aromatic rings. The zero-order valence-electron chi connectivity index (χ0n) is 8.20. The third kappa shape index (κ3) is 2.06. The van der Waals surface area contributed by atoms with Crippen molar-refractivity contribution >= 4 is 33.1 Å². The third-order valence-electron chi connectivity index (χ3n) is 2.02. The summed E-state index contributed by atoms with van der Waals surface area (Å²) in [5.74, 6) is 0.343. The minimum Gasteiger partial charge on any atom is -0.391 e. The van der Waals surface area contributed by atoms with Crippen LogP contribution in [0.2, 0.25) is 0 Å². The standard InChI is InChI=1S/C10H9BrN4O/c11-6-3-1-2-4-7(6)15-9-8(12)10(16)14-5-13-9/h1-5H,12H2,(H2,13,14,15,16). The predicted molar refractivity (Wildman–Crippen MR) is 66.7 cm³/mol. The summed E-state index contributed by atoms with van der Waals surface area (Å²) in [6.07, 6.45) is 1.30. The second-order valence-corrected chi connectivity index (χ2v) is 3.95. The fourth-order valence-electron chi connectivity index (χ4n) is 1.20. The Morgan fingerprint density at radius 3 is 2.88 bits per heavy atom. The van der Waals surface area contributed by atoms with Crippen molar-refractivity contribution in [2.75, 3.05) is 11.1 Å². The van der Waals surface area contributed by atoms with E-state index in [1.54, 1.807) is 0 Å². The molecular weight excluding hydrogens is 272 g/mol. The number of aromatic nitrogens is 2. The van der Waals surface area contributed by atoms with Gasteiger partial charge in [0.15, 0.2) is 5.82 Å². The van der Waals surface area contributed by atoms with Gasteiger partial charge in [0.25, 0.3) is 5.56 Å². The fraction of sp³-hybridized carbons (Fsp3) is 0. The largest absolute Gasteiger partial charge is 0.391 e. The molecule has 0 fully saturated rings. The van der Waals surface area contributed by atoms with E-state index >= 15 is 0 Å². The van der Waals surface area contributed by atoms with E-state index in [9.17, 15) is 4.79 Å². The molecule has 0 aliphatic heterocycles. The number of nitrogens with zero attached hydrogens (tertiary/aromatic N) is 1. The summed E-state index contributed by atoms with van der Waals surface area (Å²) >= 11 is 3.38. The van der Waals surface area contributed by atoms with Gasteiger partial charge in [-0.05, 0) is 28.1 Å². The molecule has 0 radical (unpaired) electrons. The van der Waals surface area contributed by atoms with E-state index < -0.39 is 0 Å². The molecule has 1 heterocycles. The molecule has 6 heteroatoms. The maximum Gasteiger partial charge on any atom is 0.276 e. The van der Waals surface area contributed by atoms with Crippen LogP contribution in [0.15, 0.2) is 39.9 Å². The first kappa shape index (κ1) is 10.7. The van der Waals surface area contributed by atoms with Crippen molar-refractivity contribution in [2.24, 2.45) is 0 Å². The Morgan fingerprint density at radius 1 is 1.38 bits per heavy atom. The van der Waals surface area contributed by atoms with Gasteiger partial charge in [-0.2, -0.15) is 0 Å². The fourth-order valence-corrected chi connectivity index (χ4v) is 1.58. The van der Waals surface area contributed by atoms with Gasteiger partial charge >= 0.3 is 0 Å². The van der Waals surface area contributed by atoms with Gasteiger partial charge in [0.1, 0.15) is 5.69 Å². The van der Waals surface area contributed by atoms with Gasteiger partial charge in [-0.1, -0.05) is 12.1 Å². The van der Waals surface area contributed by atoms with Crippen molar-refractivity contribution in [3.05, 3.63) is 45.4 Å². The smallest absolute Gasteiger partial charge is 0.276 e. The van der Waals surface area contributed by atoms with Gasteiger partial charge in [0.05, 0.1) is 12.0 Å². The zero-order valence-corrected chi connectivity index (χ0v) is 9.78. The first-order chi connectivity index (χ1) is 7.68. The number of hydrogen-bond acceptors (Lipinski definition) is 4. The number of aromatic amines is 1. The molecule has 5 nitrogen and oxygen atoms in total. The molecule has 0 unspecified atom stereocenters. The quantitative estimate of drug-likeness (QED) is 0.784. The van der Waals surface area contributed by atoms with Gasteiger partial charge in [-0.3, -0.25) is 4.79 Å².